The van der Waals surface area contributed by atoms with Crippen LogP contribution in [0, 0.1) is 0 Å². The minimum Gasteiger partial charge on any atom is -0.484 e. The maximum Gasteiger partial charge on any atom is 0.258 e. The number of nitrogens with two attached hydrogens (primary N) is 1. The summed E-state index contributed by atoms with van der Waals surface area (Å²) in [5.41, 5.74) is 7.08. The normalized spacial score (nSPS) is 13.6. The zero-order chi connectivity index (χ0) is 15.0. The van der Waals surface area contributed by atoms with Gasteiger partial charge in [0.1, 0.15) is 5.75 Å². The zero-order valence-electron chi connectivity index (χ0n) is 12.7. The summed E-state index contributed by atoms with van der Waals surface area (Å²) in [5.74, 6) is 0.625. The van der Waals surface area contributed by atoms with E-state index in [0.717, 1.165) is 24.8 Å². The van der Waals surface area contributed by atoms with Crippen molar-refractivity contribution in [2.45, 2.75) is 52.1 Å². The molecule has 112 valence electrons. The summed E-state index contributed by atoms with van der Waals surface area (Å²) in [6, 6.07) is 8.11. The lowest BCUT2D eigenvalue weighted by molar-refractivity contribution is -0.123. The molecule has 0 spiro atoms. The highest BCUT2D eigenvalue weighted by Gasteiger charge is 2.07. The second kappa shape index (κ2) is 8.59. The van der Waals surface area contributed by atoms with E-state index in [1.807, 2.05) is 38.1 Å². The van der Waals surface area contributed by atoms with Crippen LogP contribution in [0.5, 0.6) is 5.75 Å². The SMILES string of the molecule is CCC(N)Cc1cccc(OCC(=O)NC(C)CC)c1. The molecule has 4 heteroatoms. The topological polar surface area (TPSA) is 64.3 Å². The van der Waals surface area contributed by atoms with Crippen molar-refractivity contribution in [2.75, 3.05) is 6.61 Å². The molecule has 0 aliphatic heterocycles. The van der Waals surface area contributed by atoms with Gasteiger partial charge in [0.15, 0.2) is 6.61 Å². The Hall–Kier alpha value is -1.55. The van der Waals surface area contributed by atoms with Crippen LogP contribution < -0.4 is 15.8 Å². The van der Waals surface area contributed by atoms with Crippen molar-refractivity contribution >= 4 is 5.91 Å². The lowest BCUT2D eigenvalue weighted by Crippen LogP contribution is -2.35. The molecule has 20 heavy (non-hydrogen) atoms. The van der Waals surface area contributed by atoms with Gasteiger partial charge in [-0.2, -0.15) is 0 Å². The van der Waals surface area contributed by atoms with Gasteiger partial charge in [0, 0.05) is 12.1 Å². The number of carbonyl (C=O) groups excluding carboxylic acids is 1. The number of carbonyl (C=O) groups is 1. The largest absolute Gasteiger partial charge is 0.484 e. The van der Waals surface area contributed by atoms with E-state index < -0.39 is 0 Å². The maximum absolute atomic E-state index is 11.6. The first-order valence-electron chi connectivity index (χ1n) is 7.31. The number of amides is 1. The zero-order valence-corrected chi connectivity index (χ0v) is 12.7. The van der Waals surface area contributed by atoms with Gasteiger partial charge in [-0.1, -0.05) is 26.0 Å². The molecule has 0 radical (unpaired) electrons. The molecule has 0 heterocycles. The molecular formula is C16H26N2O2. The average Bonchev–Trinajstić information content (AvgIpc) is 2.45. The number of benzene rings is 1. The summed E-state index contributed by atoms with van der Waals surface area (Å²) in [7, 11) is 0. The summed E-state index contributed by atoms with van der Waals surface area (Å²) in [5, 5.41) is 2.87. The fourth-order valence-corrected chi connectivity index (χ4v) is 1.78. The second-order valence-corrected chi connectivity index (χ2v) is 5.19. The minimum atomic E-state index is -0.0880. The molecule has 0 aromatic heterocycles. The van der Waals surface area contributed by atoms with Gasteiger partial charge in [-0.15, -0.1) is 0 Å². The molecule has 2 unspecified atom stereocenters. The highest BCUT2D eigenvalue weighted by atomic mass is 16.5. The van der Waals surface area contributed by atoms with Crippen molar-refractivity contribution in [2.24, 2.45) is 5.73 Å². The van der Waals surface area contributed by atoms with Crippen LogP contribution in [0.2, 0.25) is 0 Å². The predicted octanol–water partition coefficient (Wildman–Crippen LogP) is 2.26. The van der Waals surface area contributed by atoms with Gasteiger partial charge in [-0.05, 0) is 43.9 Å². The fraction of sp³-hybridized carbons (Fsp3) is 0.562. The Morgan fingerprint density at radius 3 is 2.75 bits per heavy atom. The molecule has 0 saturated carbocycles. The molecule has 1 aromatic carbocycles. The van der Waals surface area contributed by atoms with E-state index in [4.69, 9.17) is 10.5 Å². The first-order chi connectivity index (χ1) is 9.55. The van der Waals surface area contributed by atoms with Crippen LogP contribution in [0.4, 0.5) is 0 Å². The van der Waals surface area contributed by atoms with Crippen LogP contribution in [0.3, 0.4) is 0 Å². The summed E-state index contributed by atoms with van der Waals surface area (Å²) in [6.07, 6.45) is 2.69. The molecule has 4 nitrogen and oxygen atoms in total. The van der Waals surface area contributed by atoms with Gasteiger partial charge >= 0.3 is 0 Å². The summed E-state index contributed by atoms with van der Waals surface area (Å²) < 4.78 is 5.52. The van der Waals surface area contributed by atoms with E-state index in [-0.39, 0.29) is 24.6 Å². The number of hydrogen-bond acceptors (Lipinski definition) is 3. The van der Waals surface area contributed by atoms with Crippen molar-refractivity contribution in [3.8, 4) is 5.75 Å². The summed E-state index contributed by atoms with van der Waals surface area (Å²) in [6.45, 7) is 6.13. The molecule has 0 aliphatic rings. The molecule has 2 atom stereocenters. The minimum absolute atomic E-state index is 0.0492. The predicted molar refractivity (Wildman–Crippen MR) is 81.8 cm³/mol. The Morgan fingerprint density at radius 2 is 2.10 bits per heavy atom. The molecule has 3 N–H and O–H groups in total. The van der Waals surface area contributed by atoms with Crippen LogP contribution >= 0.6 is 0 Å². The Balaban J connectivity index is 2.48. The highest BCUT2D eigenvalue weighted by molar-refractivity contribution is 5.77. The average molecular weight is 278 g/mol. The van der Waals surface area contributed by atoms with Gasteiger partial charge in [0.25, 0.3) is 5.91 Å². The van der Waals surface area contributed by atoms with E-state index in [1.165, 1.54) is 0 Å². The molecular weight excluding hydrogens is 252 g/mol. The monoisotopic (exact) mass is 278 g/mol. The maximum atomic E-state index is 11.6. The van der Waals surface area contributed by atoms with Crippen molar-refractivity contribution in [3.05, 3.63) is 29.8 Å². The number of rotatable bonds is 8. The van der Waals surface area contributed by atoms with E-state index in [9.17, 15) is 4.79 Å². The van der Waals surface area contributed by atoms with Gasteiger partial charge in [-0.3, -0.25) is 4.79 Å². The third-order valence-corrected chi connectivity index (χ3v) is 3.31. The van der Waals surface area contributed by atoms with E-state index in [1.54, 1.807) is 0 Å². The van der Waals surface area contributed by atoms with Gasteiger partial charge in [-0.25, -0.2) is 0 Å². The number of hydrogen-bond donors (Lipinski definition) is 2. The van der Waals surface area contributed by atoms with Gasteiger partial charge in [0.05, 0.1) is 0 Å². The Labute approximate surface area is 121 Å². The molecule has 1 aromatic rings. The third-order valence-electron chi connectivity index (χ3n) is 3.31. The number of ether oxygens (including phenoxy) is 1. The van der Waals surface area contributed by atoms with E-state index in [2.05, 4.69) is 12.2 Å². The summed E-state index contributed by atoms with van der Waals surface area (Å²) >= 11 is 0. The summed E-state index contributed by atoms with van der Waals surface area (Å²) in [4.78, 5) is 11.6. The standard InChI is InChI=1S/C16H26N2O2/c1-4-12(3)18-16(19)11-20-15-8-6-7-13(10-15)9-14(17)5-2/h6-8,10,12,14H,4-5,9,11,17H2,1-3H3,(H,18,19). The molecule has 0 fully saturated rings. The second-order valence-electron chi connectivity index (χ2n) is 5.19. The van der Waals surface area contributed by atoms with Crippen molar-refractivity contribution in [3.63, 3.8) is 0 Å². The van der Waals surface area contributed by atoms with Crippen molar-refractivity contribution in [1.82, 2.24) is 5.32 Å². The van der Waals surface area contributed by atoms with Crippen molar-refractivity contribution in [1.29, 1.82) is 0 Å². The van der Waals surface area contributed by atoms with Crippen molar-refractivity contribution < 1.29 is 9.53 Å². The molecule has 0 saturated heterocycles. The van der Waals surface area contributed by atoms with Gasteiger partial charge in [0.2, 0.25) is 0 Å². The lowest BCUT2D eigenvalue weighted by atomic mass is 10.0. The molecule has 0 aliphatic carbocycles. The van der Waals surface area contributed by atoms with E-state index in [0.29, 0.717) is 5.75 Å². The molecule has 0 bridgehead atoms. The van der Waals surface area contributed by atoms with Crippen LogP contribution in [0.25, 0.3) is 0 Å². The Bertz CT molecular complexity index is 421. The van der Waals surface area contributed by atoms with E-state index >= 15 is 0 Å². The van der Waals surface area contributed by atoms with Gasteiger partial charge < -0.3 is 15.8 Å². The Morgan fingerprint density at radius 1 is 1.35 bits per heavy atom. The van der Waals surface area contributed by atoms with Crippen LogP contribution in [-0.2, 0) is 11.2 Å². The Kier molecular flexibility index (Phi) is 7.09. The fourth-order valence-electron chi connectivity index (χ4n) is 1.78. The van der Waals surface area contributed by atoms with Crippen LogP contribution in [0.1, 0.15) is 39.2 Å². The van der Waals surface area contributed by atoms with Crippen LogP contribution in [0.15, 0.2) is 24.3 Å². The molecule has 1 rings (SSSR count). The third kappa shape index (κ3) is 6.06. The number of nitrogens with one attached hydrogen (secondary N) is 1. The highest BCUT2D eigenvalue weighted by Crippen LogP contribution is 2.15. The smallest absolute Gasteiger partial charge is 0.258 e. The lowest BCUT2D eigenvalue weighted by Gasteiger charge is -2.13. The first kappa shape index (κ1) is 16.5. The molecule has 1 amide bonds. The quantitative estimate of drug-likeness (QED) is 0.766. The van der Waals surface area contributed by atoms with Crippen LogP contribution in [-0.4, -0.2) is 24.6 Å². The first-order valence-corrected chi connectivity index (χ1v) is 7.31.